The summed E-state index contributed by atoms with van der Waals surface area (Å²) in [6.07, 6.45) is 5.43. The second kappa shape index (κ2) is 6.06. The van der Waals surface area contributed by atoms with E-state index in [1.165, 1.54) is 29.7 Å². The van der Waals surface area contributed by atoms with Gasteiger partial charge in [-0.25, -0.2) is 9.97 Å². The van der Waals surface area contributed by atoms with Gasteiger partial charge in [-0.3, -0.25) is 4.90 Å². The van der Waals surface area contributed by atoms with Gasteiger partial charge in [-0.15, -0.1) is 0 Å². The minimum atomic E-state index is 0.412. The average molecular weight is 325 g/mol. The van der Waals surface area contributed by atoms with Crippen LogP contribution in [0.25, 0.3) is 0 Å². The van der Waals surface area contributed by atoms with Crippen molar-refractivity contribution in [1.29, 1.82) is 0 Å². The Morgan fingerprint density at radius 1 is 1.21 bits per heavy atom. The number of rotatable bonds is 4. The van der Waals surface area contributed by atoms with Crippen LogP contribution in [0, 0.1) is 6.92 Å². The Labute approximate surface area is 142 Å². The Balaban J connectivity index is 1.66. The Bertz CT molecular complexity index is 762. The number of aryl methyl sites for hydroxylation is 1. The van der Waals surface area contributed by atoms with E-state index in [1.807, 2.05) is 25.3 Å². The Hall–Kier alpha value is -2.14. The molecule has 0 aliphatic carbocycles. The fourth-order valence-corrected chi connectivity index (χ4v) is 4.20. The van der Waals surface area contributed by atoms with Gasteiger partial charge in [0, 0.05) is 42.4 Å². The van der Waals surface area contributed by atoms with Crippen LogP contribution >= 0.6 is 0 Å². The summed E-state index contributed by atoms with van der Waals surface area (Å²) < 4.78 is 11.0. The molecule has 3 heterocycles. The molecule has 1 aromatic carbocycles. The largest absolute Gasteiger partial charge is 0.493 e. The van der Waals surface area contributed by atoms with E-state index in [0.29, 0.717) is 12.1 Å². The van der Waals surface area contributed by atoms with Crippen LogP contribution in [-0.4, -0.2) is 35.1 Å². The van der Waals surface area contributed by atoms with Crippen LogP contribution < -0.4 is 9.47 Å². The maximum absolute atomic E-state index is 5.61. The molecule has 5 heteroatoms. The third-order valence-electron chi connectivity index (χ3n) is 5.29. The third-order valence-corrected chi connectivity index (χ3v) is 5.29. The Kier molecular flexibility index (Phi) is 3.88. The van der Waals surface area contributed by atoms with Gasteiger partial charge in [-0.05, 0) is 25.8 Å². The molecule has 2 aliphatic heterocycles. The maximum Gasteiger partial charge on any atom is 0.165 e. The monoisotopic (exact) mass is 325 g/mol. The number of fused-ring (bicyclic) bond motifs is 4. The summed E-state index contributed by atoms with van der Waals surface area (Å²) in [4.78, 5) is 11.7. The molecule has 0 radical (unpaired) electrons. The Morgan fingerprint density at radius 2 is 2.08 bits per heavy atom. The molecule has 1 aromatic heterocycles. The van der Waals surface area contributed by atoms with Crippen molar-refractivity contribution >= 4 is 0 Å². The summed E-state index contributed by atoms with van der Waals surface area (Å²) in [6, 6.07) is 7.06. The smallest absolute Gasteiger partial charge is 0.165 e. The van der Waals surface area contributed by atoms with E-state index in [9.17, 15) is 0 Å². The summed E-state index contributed by atoms with van der Waals surface area (Å²) in [6.45, 7) is 2.83. The number of para-hydroxylation sites is 1. The number of ether oxygens (including phenoxy) is 2. The number of methoxy groups -OCH3 is 2. The molecule has 126 valence electrons. The highest BCUT2D eigenvalue weighted by Gasteiger charge is 2.41. The highest BCUT2D eigenvalue weighted by molar-refractivity contribution is 5.46. The number of nitrogens with zero attached hydrogens (tertiary/aromatic N) is 3. The van der Waals surface area contributed by atoms with Gasteiger partial charge in [0.2, 0.25) is 0 Å². The first-order valence-corrected chi connectivity index (χ1v) is 8.49. The van der Waals surface area contributed by atoms with Crippen LogP contribution in [0.3, 0.4) is 0 Å². The maximum atomic E-state index is 5.61. The highest BCUT2D eigenvalue weighted by atomic mass is 16.5. The van der Waals surface area contributed by atoms with Gasteiger partial charge in [0.25, 0.3) is 0 Å². The molecule has 0 amide bonds. The topological polar surface area (TPSA) is 47.5 Å². The van der Waals surface area contributed by atoms with Crippen molar-refractivity contribution in [1.82, 2.24) is 14.9 Å². The predicted octanol–water partition coefficient (Wildman–Crippen LogP) is 3.06. The van der Waals surface area contributed by atoms with Crippen molar-refractivity contribution < 1.29 is 9.47 Å². The summed E-state index contributed by atoms with van der Waals surface area (Å²) in [5.41, 5.74) is 3.71. The third kappa shape index (κ3) is 2.44. The molecule has 5 nitrogen and oxygen atoms in total. The molecule has 1 fully saturated rings. The zero-order valence-electron chi connectivity index (χ0n) is 14.5. The first-order chi connectivity index (χ1) is 11.7. The quantitative estimate of drug-likeness (QED) is 0.864. The lowest BCUT2D eigenvalue weighted by atomic mass is 9.98. The fourth-order valence-electron chi connectivity index (χ4n) is 4.20. The van der Waals surface area contributed by atoms with Gasteiger partial charge in [0.1, 0.15) is 5.82 Å². The molecule has 0 saturated carbocycles. The first kappa shape index (κ1) is 15.4. The second-order valence-electron chi connectivity index (χ2n) is 6.60. The van der Waals surface area contributed by atoms with Crippen LogP contribution in [0.4, 0.5) is 0 Å². The summed E-state index contributed by atoms with van der Waals surface area (Å²) in [5, 5.41) is 0. The standard InChI is InChI=1S/C19H23N3O2/c1-12-20-10-15-16(21-12)9-14-7-8-17(15)22(14)11-13-5-4-6-18(23-2)19(13)24-3/h4-6,10,14,17H,7-9,11H2,1-3H3/t14-,17+/m1/s1. The zero-order chi connectivity index (χ0) is 16.7. The van der Waals surface area contributed by atoms with Crippen molar-refractivity contribution in [3.63, 3.8) is 0 Å². The SMILES string of the molecule is COc1cccc(CN2[C@@H]3CC[C@H]2c2cnc(C)nc2C3)c1OC. The van der Waals surface area contributed by atoms with Crippen LogP contribution in [0.15, 0.2) is 24.4 Å². The molecule has 0 N–H and O–H groups in total. The summed E-state index contributed by atoms with van der Waals surface area (Å²) >= 11 is 0. The number of hydrogen-bond donors (Lipinski definition) is 0. The van der Waals surface area contributed by atoms with Crippen molar-refractivity contribution in [2.24, 2.45) is 0 Å². The number of benzene rings is 1. The lowest BCUT2D eigenvalue weighted by Crippen LogP contribution is -2.37. The van der Waals surface area contributed by atoms with Crippen LogP contribution in [-0.2, 0) is 13.0 Å². The molecule has 2 aliphatic rings. The van der Waals surface area contributed by atoms with E-state index >= 15 is 0 Å². The molecule has 4 rings (SSSR count). The first-order valence-electron chi connectivity index (χ1n) is 8.49. The lowest BCUT2D eigenvalue weighted by Gasteiger charge is -2.36. The van der Waals surface area contributed by atoms with E-state index in [1.54, 1.807) is 14.2 Å². The normalized spacial score (nSPS) is 22.3. The van der Waals surface area contributed by atoms with Crippen molar-refractivity contribution in [3.8, 4) is 11.5 Å². The number of aromatic nitrogens is 2. The molecule has 0 spiro atoms. The predicted molar refractivity (Wildman–Crippen MR) is 91.3 cm³/mol. The fraction of sp³-hybridized carbons (Fsp3) is 0.474. The molecule has 2 bridgehead atoms. The van der Waals surface area contributed by atoms with Gasteiger partial charge in [-0.2, -0.15) is 0 Å². The molecular formula is C19H23N3O2. The molecular weight excluding hydrogens is 302 g/mol. The summed E-state index contributed by atoms with van der Waals surface area (Å²) in [7, 11) is 3.39. The minimum Gasteiger partial charge on any atom is -0.493 e. The van der Waals surface area contributed by atoms with Gasteiger partial charge in [0.05, 0.1) is 19.9 Å². The highest BCUT2D eigenvalue weighted by Crippen LogP contribution is 2.44. The van der Waals surface area contributed by atoms with Gasteiger partial charge < -0.3 is 9.47 Å². The minimum absolute atomic E-state index is 0.412. The zero-order valence-corrected chi connectivity index (χ0v) is 14.5. The second-order valence-corrected chi connectivity index (χ2v) is 6.60. The van der Waals surface area contributed by atoms with E-state index < -0.39 is 0 Å². The van der Waals surface area contributed by atoms with E-state index in [-0.39, 0.29) is 0 Å². The Morgan fingerprint density at radius 3 is 2.88 bits per heavy atom. The number of hydrogen-bond acceptors (Lipinski definition) is 5. The van der Waals surface area contributed by atoms with Gasteiger partial charge in [0.15, 0.2) is 11.5 Å². The molecule has 24 heavy (non-hydrogen) atoms. The van der Waals surface area contributed by atoms with Crippen LogP contribution in [0.2, 0.25) is 0 Å². The molecule has 2 aromatic rings. The van der Waals surface area contributed by atoms with Gasteiger partial charge in [-0.1, -0.05) is 12.1 Å². The molecule has 2 atom stereocenters. The van der Waals surface area contributed by atoms with Crippen molar-refractivity contribution in [2.45, 2.75) is 44.8 Å². The molecule has 1 saturated heterocycles. The summed E-state index contributed by atoms with van der Waals surface area (Å²) in [5.74, 6) is 2.50. The lowest BCUT2D eigenvalue weighted by molar-refractivity contribution is 0.163. The van der Waals surface area contributed by atoms with Crippen molar-refractivity contribution in [3.05, 3.63) is 47.0 Å². The van der Waals surface area contributed by atoms with Gasteiger partial charge >= 0.3 is 0 Å². The van der Waals surface area contributed by atoms with Crippen molar-refractivity contribution in [2.75, 3.05) is 14.2 Å². The van der Waals surface area contributed by atoms with E-state index in [0.717, 1.165) is 30.3 Å². The van der Waals surface area contributed by atoms with E-state index in [4.69, 9.17) is 9.47 Å². The molecule has 0 unspecified atom stereocenters. The van der Waals surface area contributed by atoms with Crippen LogP contribution in [0.5, 0.6) is 11.5 Å². The van der Waals surface area contributed by atoms with E-state index in [2.05, 4.69) is 20.9 Å². The van der Waals surface area contributed by atoms with Crippen LogP contribution in [0.1, 0.15) is 41.5 Å². The average Bonchev–Trinajstić information content (AvgIpc) is 2.87.